The van der Waals surface area contributed by atoms with Crippen LogP contribution in [0.3, 0.4) is 0 Å². The Bertz CT molecular complexity index is 361. The van der Waals surface area contributed by atoms with Crippen LogP contribution in [0.2, 0.25) is 0 Å². The number of aliphatic hydroxyl groups excluding tert-OH is 1. The van der Waals surface area contributed by atoms with Gasteiger partial charge in [0, 0.05) is 6.61 Å². The van der Waals surface area contributed by atoms with E-state index in [1.807, 2.05) is 0 Å². The highest BCUT2D eigenvalue weighted by molar-refractivity contribution is 5.65. The minimum Gasteiger partial charge on any atom is -0.544 e. The lowest BCUT2D eigenvalue weighted by Gasteiger charge is -2.31. The Morgan fingerprint density at radius 3 is 1.71 bits per heavy atom. The SMILES string of the molecule is CCCCCCCCCCCCCCCCOCC(O)C[N+](C)(C)CC(=O)[O-]. The van der Waals surface area contributed by atoms with Gasteiger partial charge in [-0.25, -0.2) is 0 Å². The summed E-state index contributed by atoms with van der Waals surface area (Å²) in [5.41, 5.74) is 0. The summed E-state index contributed by atoms with van der Waals surface area (Å²) < 4.78 is 5.73. The maximum Gasteiger partial charge on any atom is 0.126 e. The molecule has 0 aliphatic heterocycles. The molecule has 0 spiro atoms. The minimum atomic E-state index is -1.10. The molecule has 5 heteroatoms. The molecule has 0 radical (unpaired) electrons. The van der Waals surface area contributed by atoms with Crippen molar-refractivity contribution in [3.8, 4) is 0 Å². The molecule has 0 saturated heterocycles. The van der Waals surface area contributed by atoms with Crippen LogP contribution in [0.15, 0.2) is 0 Å². The maximum atomic E-state index is 10.7. The van der Waals surface area contributed by atoms with Gasteiger partial charge in [-0.3, -0.25) is 0 Å². The second-order valence-corrected chi connectivity index (χ2v) is 8.97. The van der Waals surface area contributed by atoms with Crippen molar-refractivity contribution in [3.63, 3.8) is 0 Å². The molecule has 5 nitrogen and oxygen atoms in total. The molecule has 0 saturated carbocycles. The molecule has 0 heterocycles. The first-order valence-corrected chi connectivity index (χ1v) is 11.6. The van der Waals surface area contributed by atoms with Crippen molar-refractivity contribution in [1.82, 2.24) is 0 Å². The third-order valence-electron chi connectivity index (χ3n) is 5.21. The van der Waals surface area contributed by atoms with Gasteiger partial charge < -0.3 is 24.2 Å². The molecule has 0 amide bonds. The van der Waals surface area contributed by atoms with E-state index in [0.717, 1.165) is 6.42 Å². The van der Waals surface area contributed by atoms with Crippen LogP contribution in [-0.2, 0) is 9.53 Å². The van der Waals surface area contributed by atoms with Gasteiger partial charge >= 0.3 is 0 Å². The summed E-state index contributed by atoms with van der Waals surface area (Å²) in [4.78, 5) is 10.7. The maximum absolute atomic E-state index is 10.7. The normalized spacial score (nSPS) is 13.0. The third-order valence-corrected chi connectivity index (χ3v) is 5.21. The molecular formula is C23H47NO4. The predicted molar refractivity (Wildman–Crippen MR) is 114 cm³/mol. The Morgan fingerprint density at radius 2 is 1.29 bits per heavy atom. The van der Waals surface area contributed by atoms with Crippen molar-refractivity contribution >= 4 is 5.97 Å². The number of unbranched alkanes of at least 4 members (excludes halogenated alkanes) is 13. The molecule has 0 aliphatic rings. The Kier molecular flexibility index (Phi) is 18.0. The Morgan fingerprint density at radius 1 is 0.857 bits per heavy atom. The van der Waals surface area contributed by atoms with Gasteiger partial charge in [0.1, 0.15) is 19.2 Å². The first-order valence-electron chi connectivity index (χ1n) is 11.6. The monoisotopic (exact) mass is 401 g/mol. The summed E-state index contributed by atoms with van der Waals surface area (Å²) in [6, 6.07) is 0. The van der Waals surface area contributed by atoms with Crippen LogP contribution < -0.4 is 5.11 Å². The lowest BCUT2D eigenvalue weighted by molar-refractivity contribution is -0.887. The Labute approximate surface area is 174 Å². The molecular weight excluding hydrogens is 354 g/mol. The standard InChI is InChI=1S/C23H47NO4/c1-4-5-6-7-8-9-10-11-12-13-14-15-16-17-18-28-21-22(25)19-24(2,3)20-23(26)27/h22,25H,4-21H2,1-3H3. The van der Waals surface area contributed by atoms with Crippen molar-refractivity contribution in [3.05, 3.63) is 0 Å². The molecule has 0 rings (SSSR count). The van der Waals surface area contributed by atoms with E-state index in [4.69, 9.17) is 4.74 Å². The zero-order valence-corrected chi connectivity index (χ0v) is 18.9. The number of ether oxygens (including phenoxy) is 1. The van der Waals surface area contributed by atoms with Crippen LogP contribution in [0.4, 0.5) is 0 Å². The molecule has 0 aromatic heterocycles. The zero-order valence-electron chi connectivity index (χ0n) is 18.9. The fourth-order valence-corrected chi connectivity index (χ4v) is 3.66. The highest BCUT2D eigenvalue weighted by Gasteiger charge is 2.20. The third kappa shape index (κ3) is 20.1. The highest BCUT2D eigenvalue weighted by Crippen LogP contribution is 2.13. The molecule has 168 valence electrons. The molecule has 28 heavy (non-hydrogen) atoms. The number of nitrogens with zero attached hydrogens (tertiary/aromatic N) is 1. The number of likely N-dealkylation sites (N-methyl/N-ethyl adjacent to an activating group) is 1. The molecule has 1 N–H and O–H groups in total. The van der Waals surface area contributed by atoms with Crippen molar-refractivity contribution in [2.45, 2.75) is 103 Å². The van der Waals surface area contributed by atoms with Gasteiger partial charge in [-0.1, -0.05) is 90.4 Å². The predicted octanol–water partition coefficient (Wildman–Crippen LogP) is 3.67. The van der Waals surface area contributed by atoms with Gasteiger partial charge in [0.25, 0.3) is 0 Å². The van der Waals surface area contributed by atoms with Gasteiger partial charge in [0.2, 0.25) is 0 Å². The second kappa shape index (κ2) is 18.4. The van der Waals surface area contributed by atoms with Crippen LogP contribution in [0, 0.1) is 0 Å². The smallest absolute Gasteiger partial charge is 0.126 e. The molecule has 0 bridgehead atoms. The van der Waals surface area contributed by atoms with Crippen molar-refractivity contribution in [1.29, 1.82) is 0 Å². The van der Waals surface area contributed by atoms with Gasteiger partial charge in [-0.2, -0.15) is 0 Å². The first-order chi connectivity index (χ1) is 13.4. The average Bonchev–Trinajstić information content (AvgIpc) is 2.59. The molecule has 1 atom stereocenters. The quantitative estimate of drug-likeness (QED) is 0.235. The number of carboxylic acids is 1. The van der Waals surface area contributed by atoms with E-state index in [-0.39, 0.29) is 17.6 Å². The van der Waals surface area contributed by atoms with E-state index in [0.29, 0.717) is 13.2 Å². The number of carbonyl (C=O) groups excluding carboxylic acids is 1. The van der Waals surface area contributed by atoms with Crippen LogP contribution in [0.1, 0.15) is 96.8 Å². The van der Waals surface area contributed by atoms with Gasteiger partial charge in [-0.15, -0.1) is 0 Å². The average molecular weight is 402 g/mol. The number of carbonyl (C=O) groups is 1. The summed E-state index contributed by atoms with van der Waals surface area (Å²) in [5.74, 6) is -1.10. The molecule has 0 aromatic rings. The highest BCUT2D eigenvalue weighted by atomic mass is 16.5. The number of carboxylic acid groups (broad SMARTS) is 1. The second-order valence-electron chi connectivity index (χ2n) is 8.97. The summed E-state index contributed by atoms with van der Waals surface area (Å²) in [5, 5.41) is 20.6. The number of hydrogen-bond acceptors (Lipinski definition) is 4. The molecule has 0 fully saturated rings. The van der Waals surface area contributed by atoms with Crippen molar-refractivity contribution in [2.75, 3.05) is 40.4 Å². The van der Waals surface area contributed by atoms with E-state index in [1.165, 1.54) is 83.5 Å². The van der Waals surface area contributed by atoms with Crippen LogP contribution in [0.5, 0.6) is 0 Å². The Balaban J connectivity index is 3.30. The summed E-state index contributed by atoms with van der Waals surface area (Å²) >= 11 is 0. The van der Waals surface area contributed by atoms with Gasteiger partial charge in [0.15, 0.2) is 0 Å². The number of quaternary nitrogens is 1. The summed E-state index contributed by atoms with van der Waals surface area (Å²) in [7, 11) is 3.54. The van der Waals surface area contributed by atoms with Crippen LogP contribution in [-0.4, -0.2) is 62.1 Å². The fraction of sp³-hybridized carbons (Fsp3) is 0.957. The molecule has 1 unspecified atom stereocenters. The van der Waals surface area contributed by atoms with Gasteiger partial charge in [0.05, 0.1) is 26.7 Å². The number of aliphatic carboxylic acids is 1. The largest absolute Gasteiger partial charge is 0.544 e. The lowest BCUT2D eigenvalue weighted by Crippen LogP contribution is -2.52. The van der Waals surface area contributed by atoms with Crippen LogP contribution in [0.25, 0.3) is 0 Å². The summed E-state index contributed by atoms with van der Waals surface area (Å²) in [6.45, 7) is 3.46. The number of rotatable bonds is 21. The van der Waals surface area contributed by atoms with E-state index in [1.54, 1.807) is 14.1 Å². The Hall–Kier alpha value is -0.650. The van der Waals surface area contributed by atoms with Crippen molar-refractivity contribution in [2.24, 2.45) is 0 Å². The van der Waals surface area contributed by atoms with Crippen molar-refractivity contribution < 1.29 is 24.2 Å². The van der Waals surface area contributed by atoms with E-state index in [2.05, 4.69) is 6.92 Å². The number of hydrogen-bond donors (Lipinski definition) is 1. The van der Waals surface area contributed by atoms with E-state index in [9.17, 15) is 15.0 Å². The minimum absolute atomic E-state index is 0.101. The first kappa shape index (κ1) is 27.4. The topological polar surface area (TPSA) is 69.6 Å². The van der Waals surface area contributed by atoms with Crippen LogP contribution >= 0.6 is 0 Å². The number of aliphatic hydroxyl groups is 1. The fourth-order valence-electron chi connectivity index (χ4n) is 3.66. The van der Waals surface area contributed by atoms with Gasteiger partial charge in [-0.05, 0) is 6.42 Å². The zero-order chi connectivity index (χ0) is 21.1. The molecule has 0 aromatic carbocycles. The van der Waals surface area contributed by atoms with E-state index < -0.39 is 12.1 Å². The summed E-state index contributed by atoms with van der Waals surface area (Å²) in [6.07, 6.45) is 18.1. The lowest BCUT2D eigenvalue weighted by atomic mass is 10.0. The molecule has 0 aliphatic carbocycles. The van der Waals surface area contributed by atoms with E-state index >= 15 is 0 Å².